The predicted octanol–water partition coefficient (Wildman–Crippen LogP) is 2.40. The minimum absolute atomic E-state index is 0.0378. The molecule has 1 aliphatic heterocycles. The number of halogens is 1. The van der Waals surface area contributed by atoms with Crippen LogP contribution >= 0.6 is 22.9 Å². The molecule has 106 valence electrons. The van der Waals surface area contributed by atoms with E-state index < -0.39 is 9.84 Å². The van der Waals surface area contributed by atoms with Crippen molar-refractivity contribution in [2.24, 2.45) is 5.92 Å². The molecule has 1 aromatic heterocycles. The highest BCUT2D eigenvalue weighted by Gasteiger charge is 2.29. The van der Waals surface area contributed by atoms with Gasteiger partial charge in [-0.15, -0.1) is 11.3 Å². The van der Waals surface area contributed by atoms with Crippen molar-refractivity contribution in [3.05, 3.63) is 21.3 Å². The second kappa shape index (κ2) is 5.81. The molecular weight excluding hydrogens is 306 g/mol. The summed E-state index contributed by atoms with van der Waals surface area (Å²) in [5.41, 5.74) is 0. The lowest BCUT2D eigenvalue weighted by molar-refractivity contribution is -0.122. The third-order valence-corrected chi connectivity index (χ3v) is 6.45. The highest BCUT2D eigenvalue weighted by molar-refractivity contribution is 7.91. The highest BCUT2D eigenvalue weighted by Crippen LogP contribution is 2.27. The number of amides is 1. The smallest absolute Gasteiger partial charge is 0.220 e. The van der Waals surface area contributed by atoms with Crippen LogP contribution in [0.5, 0.6) is 0 Å². The number of hydrogen-bond donors (Lipinski definition) is 1. The molecule has 0 saturated carbocycles. The predicted molar refractivity (Wildman–Crippen MR) is 77.3 cm³/mol. The molecule has 19 heavy (non-hydrogen) atoms. The van der Waals surface area contributed by atoms with Gasteiger partial charge in [-0.2, -0.15) is 0 Å². The van der Waals surface area contributed by atoms with Gasteiger partial charge in [-0.25, -0.2) is 8.42 Å². The number of hydrogen-bond acceptors (Lipinski definition) is 4. The number of sulfone groups is 1. The first-order valence-corrected chi connectivity index (χ1v) is 9.12. The molecule has 0 radical (unpaired) electrons. The first-order chi connectivity index (χ1) is 8.85. The normalized spacial score (nSPS) is 23.2. The maximum atomic E-state index is 11.9. The zero-order valence-corrected chi connectivity index (χ0v) is 12.9. The van der Waals surface area contributed by atoms with Gasteiger partial charge in [0.05, 0.1) is 21.9 Å². The summed E-state index contributed by atoms with van der Waals surface area (Å²) < 4.78 is 23.3. The van der Waals surface area contributed by atoms with Crippen molar-refractivity contribution in [2.75, 3.05) is 11.5 Å². The van der Waals surface area contributed by atoms with Gasteiger partial charge in [-0.3, -0.25) is 4.79 Å². The van der Waals surface area contributed by atoms with Crippen LogP contribution in [0.1, 0.15) is 30.7 Å². The molecule has 0 bridgehead atoms. The van der Waals surface area contributed by atoms with Crippen LogP contribution < -0.4 is 5.32 Å². The van der Waals surface area contributed by atoms with Crippen LogP contribution in [0.2, 0.25) is 4.34 Å². The summed E-state index contributed by atoms with van der Waals surface area (Å²) in [6.45, 7) is 1.89. The van der Waals surface area contributed by atoms with Crippen molar-refractivity contribution >= 4 is 38.7 Å². The molecule has 2 rings (SSSR count). The molecule has 1 aliphatic rings. The van der Waals surface area contributed by atoms with Gasteiger partial charge < -0.3 is 5.32 Å². The monoisotopic (exact) mass is 321 g/mol. The van der Waals surface area contributed by atoms with E-state index in [1.807, 2.05) is 13.0 Å². The van der Waals surface area contributed by atoms with E-state index in [9.17, 15) is 13.2 Å². The van der Waals surface area contributed by atoms with Gasteiger partial charge in [-0.05, 0) is 31.4 Å². The minimum atomic E-state index is -2.91. The van der Waals surface area contributed by atoms with Gasteiger partial charge in [0, 0.05) is 11.3 Å². The van der Waals surface area contributed by atoms with Gasteiger partial charge in [-0.1, -0.05) is 11.6 Å². The lowest BCUT2D eigenvalue weighted by Crippen LogP contribution is -2.28. The lowest BCUT2D eigenvalue weighted by Gasteiger charge is -2.14. The first-order valence-electron chi connectivity index (χ1n) is 6.11. The third-order valence-electron chi connectivity index (χ3n) is 3.20. The second-order valence-electron chi connectivity index (χ2n) is 4.90. The Bertz CT molecular complexity index is 567. The maximum Gasteiger partial charge on any atom is 0.220 e. The molecule has 1 aromatic rings. The van der Waals surface area contributed by atoms with Crippen molar-refractivity contribution in [3.8, 4) is 0 Å². The van der Waals surface area contributed by atoms with Crippen molar-refractivity contribution in [2.45, 2.75) is 25.8 Å². The van der Waals surface area contributed by atoms with Crippen LogP contribution in [0, 0.1) is 5.92 Å². The number of nitrogens with one attached hydrogen (secondary N) is 1. The summed E-state index contributed by atoms with van der Waals surface area (Å²) in [7, 11) is -2.91. The molecule has 2 atom stereocenters. The third kappa shape index (κ3) is 4.19. The number of rotatable bonds is 4. The Morgan fingerprint density at radius 2 is 2.32 bits per heavy atom. The molecule has 4 nitrogen and oxygen atoms in total. The van der Waals surface area contributed by atoms with Crippen molar-refractivity contribution in [3.63, 3.8) is 0 Å². The molecule has 2 heterocycles. The fraction of sp³-hybridized carbons (Fsp3) is 0.583. The van der Waals surface area contributed by atoms with Crippen LogP contribution in [0.15, 0.2) is 12.1 Å². The zero-order valence-electron chi connectivity index (χ0n) is 10.6. The molecule has 7 heteroatoms. The van der Waals surface area contributed by atoms with E-state index in [1.165, 1.54) is 11.3 Å². The van der Waals surface area contributed by atoms with Gasteiger partial charge in [0.25, 0.3) is 0 Å². The molecular formula is C12H16ClNO3S2. The van der Waals surface area contributed by atoms with E-state index in [0.717, 1.165) is 4.88 Å². The largest absolute Gasteiger partial charge is 0.349 e. The molecule has 1 amide bonds. The summed E-state index contributed by atoms with van der Waals surface area (Å²) in [5.74, 6) is 0.212. The fourth-order valence-corrected chi connectivity index (χ4v) is 5.15. The number of carbonyl (C=O) groups is 1. The standard InChI is InChI=1S/C12H16ClNO3S2/c1-8(10-2-3-11(13)18-10)14-12(15)6-9-4-5-19(16,17)7-9/h2-3,8-9H,4-7H2,1H3,(H,14,15)/t8-,9-/m1/s1. The first kappa shape index (κ1) is 14.8. The molecule has 1 fully saturated rings. The zero-order chi connectivity index (χ0) is 14.0. The Kier molecular flexibility index (Phi) is 4.53. The van der Waals surface area contributed by atoms with Crippen LogP contribution in [0.4, 0.5) is 0 Å². The Morgan fingerprint density at radius 1 is 1.58 bits per heavy atom. The minimum Gasteiger partial charge on any atom is -0.349 e. The number of thiophene rings is 1. The van der Waals surface area contributed by atoms with Crippen LogP contribution in [0.3, 0.4) is 0 Å². The van der Waals surface area contributed by atoms with Crippen LogP contribution in [-0.2, 0) is 14.6 Å². The molecule has 1 N–H and O–H groups in total. The Morgan fingerprint density at radius 3 is 2.84 bits per heavy atom. The van der Waals surface area contributed by atoms with Gasteiger partial charge >= 0.3 is 0 Å². The van der Waals surface area contributed by atoms with Crippen LogP contribution in [-0.4, -0.2) is 25.8 Å². The van der Waals surface area contributed by atoms with Crippen LogP contribution in [0.25, 0.3) is 0 Å². The maximum absolute atomic E-state index is 11.9. The van der Waals surface area contributed by atoms with E-state index in [0.29, 0.717) is 10.8 Å². The average molecular weight is 322 g/mol. The summed E-state index contributed by atoms with van der Waals surface area (Å²) >= 11 is 7.28. The van der Waals surface area contributed by atoms with Crippen molar-refractivity contribution in [1.29, 1.82) is 0 Å². The molecule has 0 aliphatic carbocycles. The lowest BCUT2D eigenvalue weighted by atomic mass is 10.0. The second-order valence-corrected chi connectivity index (χ2v) is 8.88. The molecule has 0 spiro atoms. The summed E-state index contributed by atoms with van der Waals surface area (Å²) in [5, 5.41) is 2.88. The molecule has 0 unspecified atom stereocenters. The van der Waals surface area contributed by atoms with E-state index in [1.54, 1.807) is 6.07 Å². The van der Waals surface area contributed by atoms with Crippen molar-refractivity contribution < 1.29 is 13.2 Å². The Labute approximate surface area is 122 Å². The Hall–Kier alpha value is -0.590. The fourth-order valence-electron chi connectivity index (χ4n) is 2.23. The summed E-state index contributed by atoms with van der Waals surface area (Å²) in [6.07, 6.45) is 0.873. The van der Waals surface area contributed by atoms with E-state index in [4.69, 9.17) is 11.6 Å². The van der Waals surface area contributed by atoms with Gasteiger partial charge in [0.1, 0.15) is 0 Å². The van der Waals surface area contributed by atoms with Crippen molar-refractivity contribution in [1.82, 2.24) is 5.32 Å². The van der Waals surface area contributed by atoms with E-state index in [2.05, 4.69) is 5.32 Å². The highest BCUT2D eigenvalue weighted by atomic mass is 35.5. The quantitative estimate of drug-likeness (QED) is 0.926. The number of carbonyl (C=O) groups excluding carboxylic acids is 1. The summed E-state index contributed by atoms with van der Waals surface area (Å²) in [6, 6.07) is 3.59. The SMILES string of the molecule is C[C@@H](NC(=O)C[C@H]1CCS(=O)(=O)C1)c1ccc(Cl)s1. The van der Waals surface area contributed by atoms with E-state index in [-0.39, 0.29) is 35.8 Å². The van der Waals surface area contributed by atoms with Gasteiger partial charge in [0.2, 0.25) is 5.91 Å². The topological polar surface area (TPSA) is 63.2 Å². The summed E-state index contributed by atoms with van der Waals surface area (Å²) in [4.78, 5) is 12.9. The average Bonchev–Trinajstić information content (AvgIpc) is 2.85. The van der Waals surface area contributed by atoms with Gasteiger partial charge in [0.15, 0.2) is 9.84 Å². The Balaban J connectivity index is 1.85. The molecule has 0 aromatic carbocycles. The molecule has 1 saturated heterocycles. The van der Waals surface area contributed by atoms with E-state index >= 15 is 0 Å².